The molecule has 1 atom stereocenters. The van der Waals surface area contributed by atoms with Crippen molar-refractivity contribution in [3.8, 4) is 0 Å². The van der Waals surface area contributed by atoms with Crippen LogP contribution >= 0.6 is 0 Å². The molecule has 0 spiro atoms. The molecule has 0 unspecified atom stereocenters. The van der Waals surface area contributed by atoms with Crippen LogP contribution in [0.15, 0.2) is 89.8 Å². The standard InChI is InChI=1S/C30H37N3O4S/c1-23-13-12-16-26(21-23)33(38(36,37)27-17-10-7-11-18-27)22-28(34)32(20-19-25-14-8-6-9-15-25)24(2)29(35)31-30(3,4)5/h6-18,21,24H,19-20,22H2,1-5H3,(H,31,35)/t24-/m1/s1. The number of nitrogens with one attached hydrogen (secondary N) is 1. The molecule has 3 aromatic rings. The molecule has 0 heterocycles. The molecule has 0 saturated carbocycles. The largest absolute Gasteiger partial charge is 0.350 e. The van der Waals surface area contributed by atoms with Gasteiger partial charge in [-0.25, -0.2) is 8.42 Å². The number of rotatable bonds is 10. The van der Waals surface area contributed by atoms with Crippen molar-refractivity contribution < 1.29 is 18.0 Å². The molecule has 0 aliphatic heterocycles. The van der Waals surface area contributed by atoms with Crippen LogP contribution in [0, 0.1) is 6.92 Å². The third kappa shape index (κ3) is 7.68. The number of hydrogen-bond acceptors (Lipinski definition) is 4. The fourth-order valence-electron chi connectivity index (χ4n) is 4.08. The van der Waals surface area contributed by atoms with Gasteiger partial charge in [-0.05, 0) is 76.4 Å². The summed E-state index contributed by atoms with van der Waals surface area (Å²) >= 11 is 0. The second kappa shape index (κ2) is 12.3. The zero-order valence-corrected chi connectivity index (χ0v) is 23.5. The predicted octanol–water partition coefficient (Wildman–Crippen LogP) is 4.56. The molecule has 0 aromatic heterocycles. The van der Waals surface area contributed by atoms with Crippen LogP contribution < -0.4 is 9.62 Å². The molecule has 0 aliphatic rings. The van der Waals surface area contributed by atoms with E-state index in [1.807, 2.05) is 64.1 Å². The fraction of sp³-hybridized carbons (Fsp3) is 0.333. The topological polar surface area (TPSA) is 86.8 Å². The Balaban J connectivity index is 1.97. The Morgan fingerprint density at radius 1 is 0.895 bits per heavy atom. The summed E-state index contributed by atoms with van der Waals surface area (Å²) < 4.78 is 28.6. The van der Waals surface area contributed by atoms with Gasteiger partial charge in [0.25, 0.3) is 10.0 Å². The first-order chi connectivity index (χ1) is 17.9. The average Bonchev–Trinajstić information content (AvgIpc) is 2.87. The Labute approximate surface area is 226 Å². The maximum absolute atomic E-state index is 13.9. The molecule has 3 aromatic carbocycles. The summed E-state index contributed by atoms with van der Waals surface area (Å²) in [6.07, 6.45) is 0.523. The Kier molecular flexibility index (Phi) is 9.33. The molecule has 8 heteroatoms. The molecule has 38 heavy (non-hydrogen) atoms. The third-order valence-electron chi connectivity index (χ3n) is 6.05. The average molecular weight is 536 g/mol. The number of anilines is 1. The zero-order chi connectivity index (χ0) is 27.9. The van der Waals surface area contributed by atoms with Gasteiger partial charge in [0.15, 0.2) is 0 Å². The minimum absolute atomic E-state index is 0.0867. The number of sulfonamides is 1. The molecule has 7 nitrogen and oxygen atoms in total. The first kappa shape index (κ1) is 28.9. The van der Waals surface area contributed by atoms with Gasteiger partial charge < -0.3 is 10.2 Å². The number of aryl methyl sites for hydroxylation is 1. The minimum atomic E-state index is -4.06. The third-order valence-corrected chi connectivity index (χ3v) is 7.84. The summed E-state index contributed by atoms with van der Waals surface area (Å²) in [4.78, 5) is 28.5. The van der Waals surface area contributed by atoms with Gasteiger partial charge in [-0.3, -0.25) is 13.9 Å². The second-order valence-corrected chi connectivity index (χ2v) is 12.3. The van der Waals surface area contributed by atoms with Crippen LogP contribution in [-0.2, 0) is 26.0 Å². The summed E-state index contributed by atoms with van der Waals surface area (Å²) in [6.45, 7) is 8.98. The lowest BCUT2D eigenvalue weighted by Crippen LogP contribution is -2.55. The van der Waals surface area contributed by atoms with E-state index >= 15 is 0 Å². The Morgan fingerprint density at radius 3 is 2.08 bits per heavy atom. The molecule has 0 radical (unpaired) electrons. The highest BCUT2D eigenvalue weighted by Gasteiger charge is 2.33. The number of hydrogen-bond donors (Lipinski definition) is 1. The van der Waals surface area contributed by atoms with Gasteiger partial charge in [0, 0.05) is 12.1 Å². The van der Waals surface area contributed by atoms with E-state index < -0.39 is 34.1 Å². The number of nitrogens with zero attached hydrogens (tertiary/aromatic N) is 2. The van der Waals surface area contributed by atoms with Gasteiger partial charge in [-0.2, -0.15) is 0 Å². The zero-order valence-electron chi connectivity index (χ0n) is 22.7. The molecule has 2 amide bonds. The molecule has 202 valence electrons. The van der Waals surface area contributed by atoms with Gasteiger partial charge in [0.05, 0.1) is 10.6 Å². The van der Waals surface area contributed by atoms with Crippen LogP contribution in [0.2, 0.25) is 0 Å². The predicted molar refractivity (Wildman–Crippen MR) is 151 cm³/mol. The first-order valence-electron chi connectivity index (χ1n) is 12.7. The van der Waals surface area contributed by atoms with Crippen molar-refractivity contribution in [1.29, 1.82) is 0 Å². The van der Waals surface area contributed by atoms with E-state index in [2.05, 4.69) is 5.32 Å². The molecular weight excluding hydrogens is 498 g/mol. The van der Waals surface area contributed by atoms with E-state index in [-0.39, 0.29) is 17.3 Å². The van der Waals surface area contributed by atoms with Gasteiger partial charge in [0.1, 0.15) is 12.6 Å². The van der Waals surface area contributed by atoms with Gasteiger partial charge in [-0.15, -0.1) is 0 Å². The number of carbonyl (C=O) groups excluding carboxylic acids is 2. The van der Waals surface area contributed by atoms with Crippen LogP contribution in [0.5, 0.6) is 0 Å². The van der Waals surface area contributed by atoms with Gasteiger partial charge in [-0.1, -0.05) is 60.7 Å². The number of benzene rings is 3. The van der Waals surface area contributed by atoms with E-state index in [0.717, 1.165) is 15.4 Å². The molecule has 0 saturated heterocycles. The lowest BCUT2D eigenvalue weighted by Gasteiger charge is -2.33. The van der Waals surface area contributed by atoms with Crippen molar-refractivity contribution in [2.75, 3.05) is 17.4 Å². The van der Waals surface area contributed by atoms with Crippen molar-refractivity contribution in [1.82, 2.24) is 10.2 Å². The van der Waals surface area contributed by atoms with Crippen molar-refractivity contribution in [2.45, 2.75) is 57.5 Å². The molecule has 0 aliphatic carbocycles. The normalized spacial score (nSPS) is 12.4. The van der Waals surface area contributed by atoms with E-state index in [1.165, 1.54) is 17.0 Å². The fourth-order valence-corrected chi connectivity index (χ4v) is 5.50. The highest BCUT2D eigenvalue weighted by Crippen LogP contribution is 2.25. The Hall–Kier alpha value is -3.65. The molecule has 3 rings (SSSR count). The quantitative estimate of drug-likeness (QED) is 0.412. The van der Waals surface area contributed by atoms with Crippen LogP contribution in [0.25, 0.3) is 0 Å². The molecule has 1 N–H and O–H groups in total. The Bertz CT molecular complexity index is 1340. The highest BCUT2D eigenvalue weighted by molar-refractivity contribution is 7.92. The first-order valence-corrected chi connectivity index (χ1v) is 14.1. The summed E-state index contributed by atoms with van der Waals surface area (Å²) in [7, 11) is -4.06. The maximum atomic E-state index is 13.9. The minimum Gasteiger partial charge on any atom is -0.350 e. The lowest BCUT2D eigenvalue weighted by atomic mass is 10.1. The van der Waals surface area contributed by atoms with Crippen LogP contribution in [0.4, 0.5) is 5.69 Å². The summed E-state index contributed by atoms with van der Waals surface area (Å²) in [6, 6.07) is 24.0. The Morgan fingerprint density at radius 2 is 1.50 bits per heavy atom. The monoisotopic (exact) mass is 535 g/mol. The molecule has 0 fully saturated rings. The maximum Gasteiger partial charge on any atom is 0.264 e. The SMILES string of the molecule is Cc1cccc(N(CC(=O)N(CCc2ccccc2)[C@H](C)C(=O)NC(C)(C)C)S(=O)(=O)c2ccccc2)c1. The van der Waals surface area contributed by atoms with E-state index in [4.69, 9.17) is 0 Å². The molecular formula is C30H37N3O4S. The summed E-state index contributed by atoms with van der Waals surface area (Å²) in [5.74, 6) is -0.759. The summed E-state index contributed by atoms with van der Waals surface area (Å²) in [5, 5.41) is 2.94. The van der Waals surface area contributed by atoms with Gasteiger partial charge in [0.2, 0.25) is 11.8 Å². The van der Waals surface area contributed by atoms with Crippen molar-refractivity contribution >= 4 is 27.5 Å². The van der Waals surface area contributed by atoms with Crippen LogP contribution in [-0.4, -0.2) is 49.8 Å². The molecule has 0 bridgehead atoms. The van der Waals surface area contributed by atoms with E-state index in [1.54, 1.807) is 43.3 Å². The van der Waals surface area contributed by atoms with Crippen molar-refractivity contribution in [3.63, 3.8) is 0 Å². The number of amides is 2. The van der Waals surface area contributed by atoms with Crippen LogP contribution in [0.3, 0.4) is 0 Å². The van der Waals surface area contributed by atoms with E-state index in [0.29, 0.717) is 12.1 Å². The van der Waals surface area contributed by atoms with Crippen molar-refractivity contribution in [2.24, 2.45) is 0 Å². The highest BCUT2D eigenvalue weighted by atomic mass is 32.2. The second-order valence-electron chi connectivity index (χ2n) is 10.4. The van der Waals surface area contributed by atoms with Crippen molar-refractivity contribution in [3.05, 3.63) is 96.1 Å². The van der Waals surface area contributed by atoms with E-state index in [9.17, 15) is 18.0 Å². The number of carbonyl (C=O) groups is 2. The lowest BCUT2D eigenvalue weighted by molar-refractivity contribution is -0.139. The van der Waals surface area contributed by atoms with Gasteiger partial charge >= 0.3 is 0 Å². The van der Waals surface area contributed by atoms with Crippen LogP contribution in [0.1, 0.15) is 38.8 Å². The smallest absolute Gasteiger partial charge is 0.264 e. The summed E-state index contributed by atoms with van der Waals surface area (Å²) in [5.41, 5.74) is 1.78.